The van der Waals surface area contributed by atoms with Crippen LogP contribution in [-0.2, 0) is 14.3 Å². The molecule has 2 heterocycles. The first kappa shape index (κ1) is 16.1. The maximum absolute atomic E-state index is 12.5. The lowest BCUT2D eigenvalue weighted by Crippen LogP contribution is -2.36. The zero-order chi connectivity index (χ0) is 17.4. The summed E-state index contributed by atoms with van der Waals surface area (Å²) < 4.78 is 10.2. The predicted molar refractivity (Wildman–Crippen MR) is 82.6 cm³/mol. The quantitative estimate of drug-likeness (QED) is 0.477. The third-order valence-corrected chi connectivity index (χ3v) is 4.39. The second-order valence-corrected chi connectivity index (χ2v) is 5.80. The van der Waals surface area contributed by atoms with E-state index in [0.29, 0.717) is 36.2 Å². The van der Waals surface area contributed by atoms with E-state index < -0.39 is 28.6 Å². The van der Waals surface area contributed by atoms with Crippen molar-refractivity contribution >= 4 is 23.3 Å². The van der Waals surface area contributed by atoms with Crippen LogP contribution >= 0.6 is 0 Å². The summed E-state index contributed by atoms with van der Waals surface area (Å²) in [5, 5.41) is 10.9. The van der Waals surface area contributed by atoms with Gasteiger partial charge >= 0.3 is 11.9 Å². The number of esters is 1. The van der Waals surface area contributed by atoms with Gasteiger partial charge in [-0.15, -0.1) is 0 Å². The Morgan fingerprint density at radius 3 is 2.79 bits per heavy atom. The molecule has 1 aromatic rings. The van der Waals surface area contributed by atoms with Crippen molar-refractivity contribution in [3.8, 4) is 0 Å². The summed E-state index contributed by atoms with van der Waals surface area (Å²) in [4.78, 5) is 39.4. The number of Topliss-reactive ketones (excluding diaryl/α,β-unsaturated/α-hetero) is 1. The molecule has 0 bridgehead atoms. The highest BCUT2D eigenvalue weighted by Crippen LogP contribution is 2.44. The first-order chi connectivity index (χ1) is 11.4. The van der Waals surface area contributed by atoms with Crippen LogP contribution in [0.4, 0.5) is 5.88 Å². The lowest BCUT2D eigenvalue weighted by Gasteiger charge is -2.32. The molecule has 8 heteroatoms. The molecule has 1 aliphatic heterocycles. The van der Waals surface area contributed by atoms with Crippen LogP contribution in [0.25, 0.3) is 0 Å². The van der Waals surface area contributed by atoms with Crippen LogP contribution in [0, 0.1) is 16.0 Å². The Labute approximate surface area is 137 Å². The van der Waals surface area contributed by atoms with E-state index in [9.17, 15) is 19.7 Å². The molecule has 0 saturated heterocycles. The Kier molecular flexibility index (Phi) is 4.04. The van der Waals surface area contributed by atoms with Crippen LogP contribution in [0.5, 0.6) is 0 Å². The van der Waals surface area contributed by atoms with Crippen molar-refractivity contribution < 1.29 is 23.7 Å². The molecular formula is C16H16N2O6. The van der Waals surface area contributed by atoms with Crippen molar-refractivity contribution in [3.05, 3.63) is 39.3 Å². The number of rotatable bonds is 3. The average Bonchev–Trinajstić information content (AvgIpc) is 3.03. The number of hydrogen-bond acceptors (Lipinski definition) is 7. The first-order valence-corrected chi connectivity index (χ1v) is 7.57. The van der Waals surface area contributed by atoms with Gasteiger partial charge < -0.3 is 9.15 Å². The van der Waals surface area contributed by atoms with E-state index in [1.54, 1.807) is 6.92 Å². The van der Waals surface area contributed by atoms with Crippen LogP contribution in [0.2, 0.25) is 0 Å². The Morgan fingerprint density at radius 1 is 1.42 bits per heavy atom. The molecule has 8 nitrogen and oxygen atoms in total. The lowest BCUT2D eigenvalue weighted by atomic mass is 9.74. The van der Waals surface area contributed by atoms with E-state index in [1.165, 1.54) is 19.2 Å². The van der Waals surface area contributed by atoms with Crippen molar-refractivity contribution in [2.75, 3.05) is 7.11 Å². The molecule has 0 N–H and O–H groups in total. The molecule has 0 spiro atoms. The van der Waals surface area contributed by atoms with Crippen LogP contribution in [-0.4, -0.2) is 29.5 Å². The van der Waals surface area contributed by atoms with E-state index >= 15 is 0 Å². The summed E-state index contributed by atoms with van der Waals surface area (Å²) in [6.07, 6.45) is 1.69. The van der Waals surface area contributed by atoms with Gasteiger partial charge in [0.05, 0.1) is 19.1 Å². The molecule has 0 radical (unpaired) electrons. The third-order valence-electron chi connectivity index (χ3n) is 4.39. The molecule has 2 atom stereocenters. The first-order valence-electron chi connectivity index (χ1n) is 7.57. The molecule has 0 saturated carbocycles. The number of nitrogens with zero attached hydrogens (tertiary/aromatic N) is 2. The molecule has 126 valence electrons. The molecule has 0 amide bonds. The summed E-state index contributed by atoms with van der Waals surface area (Å²) >= 11 is 0. The van der Waals surface area contributed by atoms with Crippen molar-refractivity contribution in [1.82, 2.24) is 0 Å². The number of carbonyl (C=O) groups excluding carboxylic acids is 2. The van der Waals surface area contributed by atoms with Gasteiger partial charge in [0.15, 0.2) is 5.78 Å². The number of aliphatic imine (C=N–C) groups is 1. The molecule has 1 aliphatic carbocycles. The SMILES string of the molecule is COC(=O)C1C(C)=NC2=C(C(=O)CCC2)[C@H]1c1ccc([N+](=O)[O-])o1. The summed E-state index contributed by atoms with van der Waals surface area (Å²) in [7, 11) is 1.25. The molecule has 0 aromatic carbocycles. The van der Waals surface area contributed by atoms with Gasteiger partial charge in [-0.05, 0) is 25.8 Å². The summed E-state index contributed by atoms with van der Waals surface area (Å²) in [6.45, 7) is 1.69. The molecule has 24 heavy (non-hydrogen) atoms. The summed E-state index contributed by atoms with van der Waals surface area (Å²) in [5.74, 6) is -2.46. The standard InChI is InChI=1S/C16H16N2O6/c1-8-13(16(20)23-2)15(11-6-7-12(24-11)18(21)22)14-9(17-8)4-3-5-10(14)19/h6-7,13,15H,3-5H2,1-2H3/t13?,15-/m0/s1. The van der Waals surface area contributed by atoms with Gasteiger partial charge in [-0.25, -0.2) is 0 Å². The number of methoxy groups -OCH3 is 1. The largest absolute Gasteiger partial charge is 0.468 e. The Bertz CT molecular complexity index is 788. The molecular weight excluding hydrogens is 316 g/mol. The number of ketones is 1. The topological polar surface area (TPSA) is 112 Å². The monoisotopic (exact) mass is 332 g/mol. The third kappa shape index (κ3) is 2.53. The lowest BCUT2D eigenvalue weighted by molar-refractivity contribution is -0.402. The Hall–Kier alpha value is -2.77. The minimum Gasteiger partial charge on any atom is -0.468 e. The summed E-state index contributed by atoms with van der Waals surface area (Å²) in [6, 6.07) is 2.65. The predicted octanol–water partition coefficient (Wildman–Crippen LogP) is 2.54. The molecule has 1 aromatic heterocycles. The molecule has 2 aliphatic rings. The van der Waals surface area contributed by atoms with Crippen molar-refractivity contribution in [2.45, 2.75) is 32.1 Å². The highest BCUT2D eigenvalue weighted by Gasteiger charge is 2.44. The summed E-state index contributed by atoms with van der Waals surface area (Å²) in [5.41, 5.74) is 1.55. The van der Waals surface area contributed by atoms with Crippen molar-refractivity contribution in [3.63, 3.8) is 0 Å². The van der Waals surface area contributed by atoms with Gasteiger partial charge in [-0.2, -0.15) is 0 Å². The number of nitro groups is 1. The smallest absolute Gasteiger partial charge is 0.433 e. The average molecular weight is 332 g/mol. The van der Waals surface area contributed by atoms with Crippen LogP contribution in [0.3, 0.4) is 0 Å². The zero-order valence-corrected chi connectivity index (χ0v) is 13.3. The van der Waals surface area contributed by atoms with Crippen LogP contribution in [0.15, 0.2) is 32.8 Å². The maximum Gasteiger partial charge on any atom is 0.433 e. The van der Waals surface area contributed by atoms with Crippen molar-refractivity contribution in [2.24, 2.45) is 10.9 Å². The number of allylic oxidation sites excluding steroid dienone is 2. The highest BCUT2D eigenvalue weighted by molar-refractivity contribution is 6.08. The van der Waals surface area contributed by atoms with E-state index in [-0.39, 0.29) is 11.5 Å². The van der Waals surface area contributed by atoms with E-state index in [1.807, 2.05) is 0 Å². The Balaban J connectivity index is 2.16. The minimum absolute atomic E-state index is 0.106. The van der Waals surface area contributed by atoms with Gasteiger partial charge in [-0.3, -0.25) is 24.7 Å². The number of carbonyl (C=O) groups is 2. The van der Waals surface area contributed by atoms with E-state index in [4.69, 9.17) is 9.15 Å². The van der Waals surface area contributed by atoms with E-state index in [2.05, 4.69) is 4.99 Å². The van der Waals surface area contributed by atoms with Gasteiger partial charge in [0.1, 0.15) is 16.6 Å². The second kappa shape index (κ2) is 6.03. The van der Waals surface area contributed by atoms with Gasteiger partial charge in [0.2, 0.25) is 0 Å². The Morgan fingerprint density at radius 2 is 2.17 bits per heavy atom. The fraction of sp³-hybridized carbons (Fsp3) is 0.438. The molecule has 1 unspecified atom stereocenters. The normalized spacial score (nSPS) is 23.6. The van der Waals surface area contributed by atoms with Gasteiger partial charge in [0, 0.05) is 23.4 Å². The number of hydrogen-bond donors (Lipinski definition) is 0. The minimum atomic E-state index is -0.832. The molecule has 0 fully saturated rings. The number of ether oxygens (including phenoxy) is 1. The highest BCUT2D eigenvalue weighted by atomic mass is 16.6. The van der Waals surface area contributed by atoms with Crippen LogP contribution < -0.4 is 0 Å². The molecule has 3 rings (SSSR count). The van der Waals surface area contributed by atoms with Gasteiger partial charge in [0.25, 0.3) is 0 Å². The van der Waals surface area contributed by atoms with Gasteiger partial charge in [-0.1, -0.05) is 0 Å². The fourth-order valence-corrected chi connectivity index (χ4v) is 3.35. The zero-order valence-electron chi connectivity index (χ0n) is 13.3. The fourth-order valence-electron chi connectivity index (χ4n) is 3.35. The maximum atomic E-state index is 12.5. The number of furan rings is 1. The van der Waals surface area contributed by atoms with Crippen LogP contribution in [0.1, 0.15) is 37.9 Å². The van der Waals surface area contributed by atoms with Crippen molar-refractivity contribution in [1.29, 1.82) is 0 Å². The second-order valence-electron chi connectivity index (χ2n) is 5.80. The van der Waals surface area contributed by atoms with E-state index in [0.717, 1.165) is 0 Å².